The van der Waals surface area contributed by atoms with Crippen LogP contribution in [0.15, 0.2) is 40.8 Å². The second kappa shape index (κ2) is 5.05. The van der Waals surface area contributed by atoms with Gasteiger partial charge < -0.3 is 9.52 Å². The van der Waals surface area contributed by atoms with Gasteiger partial charge in [-0.3, -0.25) is 0 Å². The quantitative estimate of drug-likeness (QED) is 0.794. The predicted octanol–water partition coefficient (Wildman–Crippen LogP) is 3.73. The van der Waals surface area contributed by atoms with Gasteiger partial charge in [0.25, 0.3) is 0 Å². The maximum Gasteiger partial charge on any atom is 0.335 e. The van der Waals surface area contributed by atoms with Crippen LogP contribution >= 0.6 is 0 Å². The molecule has 0 spiro atoms. The highest BCUT2D eigenvalue weighted by molar-refractivity contribution is 5.91. The van der Waals surface area contributed by atoms with E-state index in [9.17, 15) is 4.79 Å². The van der Waals surface area contributed by atoms with Crippen LogP contribution < -0.4 is 0 Å². The van der Waals surface area contributed by atoms with E-state index in [0.717, 1.165) is 5.56 Å². The molecule has 4 nitrogen and oxygen atoms in total. The Morgan fingerprint density at radius 3 is 2.67 bits per heavy atom. The van der Waals surface area contributed by atoms with E-state index in [-0.39, 0.29) is 5.56 Å². The summed E-state index contributed by atoms with van der Waals surface area (Å²) >= 11 is 0. The first-order chi connectivity index (χ1) is 10.0. The van der Waals surface area contributed by atoms with Crippen LogP contribution in [-0.2, 0) is 6.42 Å². The number of carbonyl (C=O) groups is 1. The van der Waals surface area contributed by atoms with Crippen LogP contribution in [0.1, 0.15) is 32.9 Å². The summed E-state index contributed by atoms with van der Waals surface area (Å²) < 4.78 is 5.66. The van der Waals surface area contributed by atoms with Gasteiger partial charge in [0.05, 0.1) is 5.56 Å². The van der Waals surface area contributed by atoms with E-state index in [4.69, 9.17) is 9.52 Å². The highest BCUT2D eigenvalue weighted by atomic mass is 16.4. The highest BCUT2D eigenvalue weighted by Crippen LogP contribution is 2.20. The topological polar surface area (TPSA) is 63.3 Å². The fraction of sp³-hybridized carbons (Fsp3) is 0.176. The third-order valence-electron chi connectivity index (χ3n) is 3.61. The second-order valence-electron chi connectivity index (χ2n) is 5.19. The molecular weight excluding hydrogens is 266 g/mol. The second-order valence-corrected chi connectivity index (χ2v) is 5.19. The Morgan fingerprint density at radius 2 is 1.95 bits per heavy atom. The standard InChI is InChI=1S/C17H15NO3/c1-10-3-4-12(7-11(10)2)8-16-18-14-6-5-13(17(19)20)9-15(14)21-16/h3-7,9H,8H2,1-2H3,(H,19,20). The molecule has 0 radical (unpaired) electrons. The maximum absolute atomic E-state index is 10.9. The summed E-state index contributed by atoms with van der Waals surface area (Å²) in [7, 11) is 0. The van der Waals surface area contributed by atoms with E-state index < -0.39 is 5.97 Å². The molecule has 4 heteroatoms. The van der Waals surface area contributed by atoms with E-state index in [2.05, 4.69) is 37.0 Å². The number of hydrogen-bond donors (Lipinski definition) is 1. The van der Waals surface area contributed by atoms with Crippen molar-refractivity contribution in [2.75, 3.05) is 0 Å². The van der Waals surface area contributed by atoms with Crippen LogP contribution in [0.25, 0.3) is 11.1 Å². The SMILES string of the molecule is Cc1ccc(Cc2nc3ccc(C(=O)O)cc3o2)cc1C. The molecular formula is C17H15NO3. The Bertz CT molecular complexity index is 833. The third kappa shape index (κ3) is 2.65. The molecule has 0 unspecified atom stereocenters. The number of rotatable bonds is 3. The van der Waals surface area contributed by atoms with Gasteiger partial charge in [-0.25, -0.2) is 9.78 Å². The minimum atomic E-state index is -0.969. The molecule has 0 atom stereocenters. The zero-order chi connectivity index (χ0) is 15.0. The van der Waals surface area contributed by atoms with Gasteiger partial charge in [-0.2, -0.15) is 0 Å². The minimum Gasteiger partial charge on any atom is -0.478 e. The lowest BCUT2D eigenvalue weighted by Crippen LogP contribution is -1.94. The van der Waals surface area contributed by atoms with Crippen molar-refractivity contribution < 1.29 is 14.3 Å². The molecule has 0 aliphatic carbocycles. The molecule has 3 rings (SSSR count). The zero-order valence-electron chi connectivity index (χ0n) is 11.9. The number of aryl methyl sites for hydroxylation is 2. The van der Waals surface area contributed by atoms with Crippen molar-refractivity contribution in [1.82, 2.24) is 4.98 Å². The summed E-state index contributed by atoms with van der Waals surface area (Å²) in [6.07, 6.45) is 0.595. The van der Waals surface area contributed by atoms with Crippen LogP contribution in [-0.4, -0.2) is 16.1 Å². The number of carboxylic acids is 1. The van der Waals surface area contributed by atoms with Crippen LogP contribution in [0, 0.1) is 13.8 Å². The van der Waals surface area contributed by atoms with Gasteiger partial charge in [0.1, 0.15) is 5.52 Å². The van der Waals surface area contributed by atoms with Gasteiger partial charge in [0, 0.05) is 6.42 Å². The molecule has 3 aromatic rings. The summed E-state index contributed by atoms with van der Waals surface area (Å²) in [5.41, 5.74) is 5.01. The smallest absolute Gasteiger partial charge is 0.335 e. The molecule has 1 aromatic heterocycles. The fourth-order valence-corrected chi connectivity index (χ4v) is 2.27. The van der Waals surface area contributed by atoms with Gasteiger partial charge in [0.15, 0.2) is 11.5 Å². The van der Waals surface area contributed by atoms with Gasteiger partial charge in [-0.15, -0.1) is 0 Å². The lowest BCUT2D eigenvalue weighted by molar-refractivity contribution is 0.0697. The molecule has 0 fully saturated rings. The van der Waals surface area contributed by atoms with Gasteiger partial charge in [-0.1, -0.05) is 18.2 Å². The summed E-state index contributed by atoms with van der Waals surface area (Å²) in [4.78, 5) is 15.4. The number of aromatic nitrogens is 1. The molecule has 0 aliphatic rings. The van der Waals surface area contributed by atoms with Crippen LogP contribution in [0.3, 0.4) is 0 Å². The first kappa shape index (κ1) is 13.4. The number of oxazole rings is 1. The first-order valence-corrected chi connectivity index (χ1v) is 6.72. The van der Waals surface area contributed by atoms with Crippen LogP contribution in [0.2, 0.25) is 0 Å². The molecule has 106 valence electrons. The average molecular weight is 281 g/mol. The Morgan fingerprint density at radius 1 is 1.14 bits per heavy atom. The van der Waals surface area contributed by atoms with E-state index in [1.165, 1.54) is 23.3 Å². The fourth-order valence-electron chi connectivity index (χ4n) is 2.27. The number of fused-ring (bicyclic) bond motifs is 1. The molecule has 1 heterocycles. The third-order valence-corrected chi connectivity index (χ3v) is 3.61. The average Bonchev–Trinajstić information content (AvgIpc) is 2.84. The normalized spacial score (nSPS) is 11.0. The number of hydrogen-bond acceptors (Lipinski definition) is 3. The Balaban J connectivity index is 1.93. The maximum atomic E-state index is 10.9. The zero-order valence-corrected chi connectivity index (χ0v) is 11.9. The highest BCUT2D eigenvalue weighted by Gasteiger charge is 2.10. The van der Waals surface area contributed by atoms with E-state index in [1.807, 2.05) is 0 Å². The molecule has 0 saturated carbocycles. The summed E-state index contributed by atoms with van der Waals surface area (Å²) in [5.74, 6) is -0.375. The number of benzene rings is 2. The molecule has 0 aliphatic heterocycles. The number of carboxylic acid groups (broad SMARTS) is 1. The van der Waals surface area contributed by atoms with E-state index in [1.54, 1.807) is 6.07 Å². The summed E-state index contributed by atoms with van der Waals surface area (Å²) in [6.45, 7) is 4.15. The Labute approximate surface area is 122 Å². The van der Waals surface area contributed by atoms with Crippen molar-refractivity contribution in [1.29, 1.82) is 0 Å². The number of aromatic carboxylic acids is 1. The van der Waals surface area contributed by atoms with Crippen molar-refractivity contribution in [2.24, 2.45) is 0 Å². The van der Waals surface area contributed by atoms with Crippen LogP contribution in [0.4, 0.5) is 0 Å². The molecule has 2 aromatic carbocycles. The number of nitrogens with zero attached hydrogens (tertiary/aromatic N) is 1. The van der Waals surface area contributed by atoms with E-state index >= 15 is 0 Å². The predicted molar refractivity (Wildman–Crippen MR) is 79.7 cm³/mol. The first-order valence-electron chi connectivity index (χ1n) is 6.72. The Hall–Kier alpha value is -2.62. The molecule has 0 saturated heterocycles. The van der Waals surface area contributed by atoms with Crippen molar-refractivity contribution in [3.63, 3.8) is 0 Å². The largest absolute Gasteiger partial charge is 0.478 e. The lowest BCUT2D eigenvalue weighted by Gasteiger charge is -2.02. The van der Waals surface area contributed by atoms with E-state index in [0.29, 0.717) is 23.4 Å². The van der Waals surface area contributed by atoms with Gasteiger partial charge in [-0.05, 0) is 48.7 Å². The van der Waals surface area contributed by atoms with Gasteiger partial charge >= 0.3 is 5.97 Å². The molecule has 1 N–H and O–H groups in total. The van der Waals surface area contributed by atoms with Crippen molar-refractivity contribution in [3.8, 4) is 0 Å². The summed E-state index contributed by atoms with van der Waals surface area (Å²) in [6, 6.07) is 11.0. The van der Waals surface area contributed by atoms with Crippen molar-refractivity contribution >= 4 is 17.1 Å². The van der Waals surface area contributed by atoms with Gasteiger partial charge in [0.2, 0.25) is 0 Å². The molecule has 21 heavy (non-hydrogen) atoms. The monoisotopic (exact) mass is 281 g/mol. The Kier molecular flexibility index (Phi) is 3.22. The molecule has 0 amide bonds. The minimum absolute atomic E-state index is 0.205. The summed E-state index contributed by atoms with van der Waals surface area (Å²) in [5, 5.41) is 8.98. The van der Waals surface area contributed by atoms with Crippen LogP contribution in [0.5, 0.6) is 0 Å². The van der Waals surface area contributed by atoms with Crippen molar-refractivity contribution in [2.45, 2.75) is 20.3 Å². The van der Waals surface area contributed by atoms with Crippen molar-refractivity contribution in [3.05, 3.63) is 64.5 Å². The molecule has 0 bridgehead atoms. The lowest BCUT2D eigenvalue weighted by atomic mass is 10.0.